The summed E-state index contributed by atoms with van der Waals surface area (Å²) in [6, 6.07) is 2.59. The molecule has 0 aromatic heterocycles. The molecule has 0 amide bonds. The monoisotopic (exact) mass is 482 g/mol. The number of hydrogen-bond acceptors (Lipinski definition) is 0. The summed E-state index contributed by atoms with van der Waals surface area (Å²) in [5.74, 6) is 0. The van der Waals surface area contributed by atoms with Gasteiger partial charge in [-0.05, 0) is 0 Å². The maximum atomic E-state index is 3.35. The molecule has 0 nitrogen and oxygen atoms in total. The van der Waals surface area contributed by atoms with E-state index >= 15 is 0 Å². The Morgan fingerprint density at radius 2 is 1.10 bits per heavy atom. The molecule has 0 fully saturated rings. The first kappa shape index (κ1) is 21.3. The molecule has 0 aromatic carbocycles. The molecular formula is C18H30HfSi2-2. The maximum absolute atomic E-state index is 3.35. The van der Waals surface area contributed by atoms with Gasteiger partial charge < -0.3 is 0 Å². The topological polar surface area (TPSA) is 0 Å². The number of hydrogen-bond donors (Lipinski definition) is 0. The van der Waals surface area contributed by atoms with Crippen LogP contribution < -0.4 is 0 Å². The first-order chi connectivity index (χ1) is 9.16. The van der Waals surface area contributed by atoms with Crippen molar-refractivity contribution in [1.29, 1.82) is 0 Å². The van der Waals surface area contributed by atoms with E-state index in [4.69, 9.17) is 0 Å². The third-order valence-electron chi connectivity index (χ3n) is 2.97. The van der Waals surface area contributed by atoms with Gasteiger partial charge in [0.05, 0.1) is 0 Å². The van der Waals surface area contributed by atoms with Gasteiger partial charge >= 0.3 is 0 Å². The van der Waals surface area contributed by atoms with Gasteiger partial charge in [-0.1, -0.05) is 51.4 Å². The van der Waals surface area contributed by atoms with Crippen molar-refractivity contribution >= 4 is 16.1 Å². The van der Waals surface area contributed by atoms with Crippen LogP contribution in [-0.4, -0.2) is 16.1 Å². The van der Waals surface area contributed by atoms with E-state index in [2.05, 4.69) is 75.7 Å². The molecule has 0 spiro atoms. The quantitative estimate of drug-likeness (QED) is 0.340. The minimum atomic E-state index is -0.873. The average molecular weight is 481 g/mol. The molecule has 0 aromatic rings. The van der Waals surface area contributed by atoms with Crippen LogP contribution in [0.1, 0.15) is 12.8 Å². The molecule has 0 unspecified atom stereocenters. The second-order valence-corrected chi connectivity index (χ2v) is 19.0. The van der Waals surface area contributed by atoms with Crippen molar-refractivity contribution in [2.45, 2.75) is 64.2 Å². The largest absolute Gasteiger partial charge is 0.270 e. The van der Waals surface area contributed by atoms with Crippen LogP contribution in [0.5, 0.6) is 0 Å². The molecule has 0 aliphatic heterocycles. The van der Waals surface area contributed by atoms with Crippen molar-refractivity contribution in [1.82, 2.24) is 0 Å². The van der Waals surface area contributed by atoms with E-state index in [0.29, 0.717) is 0 Å². The van der Waals surface area contributed by atoms with Crippen molar-refractivity contribution in [3.8, 4) is 0 Å². The van der Waals surface area contributed by atoms with Gasteiger partial charge in [0.25, 0.3) is 0 Å². The summed E-state index contributed by atoms with van der Waals surface area (Å²) in [6.45, 7) is 14.4. The summed E-state index contributed by atoms with van der Waals surface area (Å²) in [7, 11) is -1.75. The van der Waals surface area contributed by atoms with Gasteiger partial charge in [-0.2, -0.15) is 12.2 Å². The van der Waals surface area contributed by atoms with Crippen molar-refractivity contribution in [3.05, 3.63) is 47.6 Å². The molecule has 2 rings (SSSR count). The first-order valence-corrected chi connectivity index (χ1v) is 15.1. The van der Waals surface area contributed by atoms with Crippen molar-refractivity contribution in [2.24, 2.45) is 0 Å². The van der Waals surface area contributed by atoms with E-state index in [9.17, 15) is 0 Å². The van der Waals surface area contributed by atoms with E-state index < -0.39 is 16.1 Å². The number of rotatable bonds is 4. The predicted octanol–water partition coefficient (Wildman–Crippen LogP) is 6.03. The SMILES string of the molecule is C[Si](C)(C)CC1=[C-]CC=C1.C[Si](C)(C)CC1=[C-]CC=C1.[Hf]. The summed E-state index contributed by atoms with van der Waals surface area (Å²) in [4.78, 5) is 0. The van der Waals surface area contributed by atoms with E-state index in [-0.39, 0.29) is 25.8 Å². The summed E-state index contributed by atoms with van der Waals surface area (Å²) in [5.41, 5.74) is 2.89. The molecule has 2 aliphatic rings. The molecule has 0 saturated carbocycles. The van der Waals surface area contributed by atoms with Crippen LogP contribution in [0.4, 0.5) is 0 Å². The van der Waals surface area contributed by atoms with Crippen LogP contribution in [0, 0.1) is 12.2 Å². The maximum Gasteiger partial charge on any atom is 0.0456 e. The second kappa shape index (κ2) is 9.41. The summed E-state index contributed by atoms with van der Waals surface area (Å²) in [5, 5.41) is 0. The van der Waals surface area contributed by atoms with E-state index in [0.717, 1.165) is 12.8 Å². The molecule has 0 saturated heterocycles. The van der Waals surface area contributed by atoms with E-state index in [1.807, 2.05) is 0 Å². The molecule has 3 heteroatoms. The molecule has 0 bridgehead atoms. The Kier molecular flexibility index (Phi) is 9.53. The summed E-state index contributed by atoms with van der Waals surface area (Å²) in [6.07, 6.45) is 17.6. The Morgan fingerprint density at radius 3 is 1.29 bits per heavy atom. The number of allylic oxidation sites excluding steroid dienone is 8. The molecular weight excluding hydrogens is 451 g/mol. The molecule has 116 valence electrons. The first-order valence-electron chi connectivity index (χ1n) is 7.68. The smallest absolute Gasteiger partial charge is 0.0456 e. The van der Waals surface area contributed by atoms with Crippen LogP contribution in [0.15, 0.2) is 35.5 Å². The average Bonchev–Trinajstić information content (AvgIpc) is 2.87. The Labute approximate surface area is 153 Å². The minimum Gasteiger partial charge on any atom is -0.270 e. The molecule has 0 atom stereocenters. The predicted molar refractivity (Wildman–Crippen MR) is 97.3 cm³/mol. The van der Waals surface area contributed by atoms with Crippen LogP contribution in [0.3, 0.4) is 0 Å². The van der Waals surface area contributed by atoms with Gasteiger partial charge in [0.2, 0.25) is 0 Å². The fourth-order valence-corrected chi connectivity index (χ4v) is 5.06. The molecule has 21 heavy (non-hydrogen) atoms. The molecule has 2 aliphatic carbocycles. The standard InChI is InChI=1S/2C9H15Si.Hf/c2*1-10(2,3)8-9-6-4-5-7-9;/h2*4,6H,5,8H2,1-3H3;/q2*-1;. The molecule has 0 radical (unpaired) electrons. The van der Waals surface area contributed by atoms with E-state index in [1.54, 1.807) is 0 Å². The molecule has 0 N–H and O–H groups in total. The van der Waals surface area contributed by atoms with Gasteiger partial charge in [0, 0.05) is 42.0 Å². The minimum absolute atomic E-state index is 0. The third-order valence-corrected chi connectivity index (χ3v) is 5.86. The Hall–Kier alpha value is 0.264. The van der Waals surface area contributed by atoms with Crippen molar-refractivity contribution in [2.75, 3.05) is 0 Å². The van der Waals surface area contributed by atoms with Crippen LogP contribution >= 0.6 is 0 Å². The van der Waals surface area contributed by atoms with Gasteiger partial charge in [0.15, 0.2) is 0 Å². The van der Waals surface area contributed by atoms with Crippen LogP contribution in [-0.2, 0) is 25.8 Å². The van der Waals surface area contributed by atoms with Gasteiger partial charge in [0.1, 0.15) is 0 Å². The Bertz CT molecular complexity index is 387. The summed E-state index contributed by atoms with van der Waals surface area (Å²) >= 11 is 0. The zero-order valence-electron chi connectivity index (χ0n) is 14.6. The second-order valence-electron chi connectivity index (χ2n) is 8.09. The van der Waals surface area contributed by atoms with Crippen molar-refractivity contribution < 1.29 is 25.8 Å². The van der Waals surface area contributed by atoms with Crippen LogP contribution in [0.25, 0.3) is 0 Å². The molecule has 0 heterocycles. The van der Waals surface area contributed by atoms with Gasteiger partial charge in [-0.25, -0.2) is 23.3 Å². The fourth-order valence-electron chi connectivity index (χ4n) is 2.29. The van der Waals surface area contributed by atoms with Crippen molar-refractivity contribution in [3.63, 3.8) is 0 Å². The zero-order chi connectivity index (χ0) is 15.2. The summed E-state index contributed by atoms with van der Waals surface area (Å²) < 4.78 is 0. The Morgan fingerprint density at radius 1 is 0.762 bits per heavy atom. The zero-order valence-corrected chi connectivity index (χ0v) is 20.2. The van der Waals surface area contributed by atoms with Gasteiger partial charge in [-0.15, -0.1) is 12.8 Å². The van der Waals surface area contributed by atoms with Crippen LogP contribution in [0.2, 0.25) is 51.4 Å². The normalized spacial score (nSPS) is 16.9. The van der Waals surface area contributed by atoms with E-state index in [1.165, 1.54) is 23.2 Å². The fraction of sp³-hybridized carbons (Fsp3) is 0.556. The third kappa shape index (κ3) is 11.5. The Balaban J connectivity index is 0.000000364. The van der Waals surface area contributed by atoms with Gasteiger partial charge in [-0.3, -0.25) is 12.2 Å².